The lowest BCUT2D eigenvalue weighted by Crippen LogP contribution is -2.41. The van der Waals surface area contributed by atoms with Crippen LogP contribution in [0.15, 0.2) is 54.6 Å². The summed E-state index contributed by atoms with van der Waals surface area (Å²) in [5.41, 5.74) is 1.89. The second-order valence-corrected chi connectivity index (χ2v) is 10.2. The van der Waals surface area contributed by atoms with Crippen molar-refractivity contribution in [2.75, 3.05) is 30.6 Å². The molecule has 1 aliphatic heterocycles. The SMILES string of the molecule is CS(=O)(=O)Nc1cccc(C2(C(=O)NC(CN3CCCC3)c3ccccc3)CC2)c1. The summed E-state index contributed by atoms with van der Waals surface area (Å²) in [7, 11) is -3.36. The highest BCUT2D eigenvalue weighted by atomic mass is 32.2. The summed E-state index contributed by atoms with van der Waals surface area (Å²) in [5.74, 6) is 0.0204. The summed E-state index contributed by atoms with van der Waals surface area (Å²) < 4.78 is 25.7. The Hall–Kier alpha value is -2.38. The van der Waals surface area contributed by atoms with Gasteiger partial charge in [-0.15, -0.1) is 0 Å². The van der Waals surface area contributed by atoms with Gasteiger partial charge in [-0.1, -0.05) is 42.5 Å². The van der Waals surface area contributed by atoms with E-state index in [0.29, 0.717) is 5.69 Å². The van der Waals surface area contributed by atoms with Crippen molar-refractivity contribution in [3.63, 3.8) is 0 Å². The number of amides is 1. The lowest BCUT2D eigenvalue weighted by molar-refractivity contribution is -0.124. The van der Waals surface area contributed by atoms with Crippen molar-refractivity contribution in [2.24, 2.45) is 0 Å². The first kappa shape index (κ1) is 20.9. The molecule has 1 saturated carbocycles. The zero-order valence-electron chi connectivity index (χ0n) is 17.3. The monoisotopic (exact) mass is 427 g/mol. The summed E-state index contributed by atoms with van der Waals surface area (Å²) in [6.45, 7) is 2.95. The Kier molecular flexibility index (Phi) is 5.84. The van der Waals surface area contributed by atoms with Gasteiger partial charge in [0.2, 0.25) is 15.9 Å². The van der Waals surface area contributed by atoms with Crippen LogP contribution in [0.3, 0.4) is 0 Å². The Morgan fingerprint density at radius 3 is 2.40 bits per heavy atom. The molecule has 2 N–H and O–H groups in total. The molecule has 1 atom stereocenters. The molecule has 0 aromatic heterocycles. The van der Waals surface area contributed by atoms with Gasteiger partial charge in [0.25, 0.3) is 0 Å². The Morgan fingerprint density at radius 1 is 1.07 bits per heavy atom. The molecule has 0 spiro atoms. The van der Waals surface area contributed by atoms with Crippen LogP contribution in [0.4, 0.5) is 5.69 Å². The third kappa shape index (κ3) is 4.84. The highest BCUT2D eigenvalue weighted by molar-refractivity contribution is 7.92. The Labute approximate surface area is 178 Å². The lowest BCUT2D eigenvalue weighted by atomic mass is 9.93. The second kappa shape index (κ2) is 8.40. The van der Waals surface area contributed by atoms with Crippen LogP contribution in [0.25, 0.3) is 0 Å². The minimum Gasteiger partial charge on any atom is -0.347 e. The first-order chi connectivity index (χ1) is 14.4. The molecule has 1 unspecified atom stereocenters. The van der Waals surface area contributed by atoms with Crippen molar-refractivity contribution in [1.29, 1.82) is 0 Å². The molecule has 2 aliphatic rings. The zero-order chi connectivity index (χ0) is 21.2. The molecule has 4 rings (SSSR count). The van der Waals surface area contributed by atoms with Crippen molar-refractivity contribution < 1.29 is 13.2 Å². The van der Waals surface area contributed by atoms with Crippen molar-refractivity contribution in [3.05, 3.63) is 65.7 Å². The molecule has 1 aliphatic carbocycles. The van der Waals surface area contributed by atoms with Crippen LogP contribution in [0, 0.1) is 0 Å². The third-order valence-corrected chi connectivity index (χ3v) is 6.66. The van der Waals surface area contributed by atoms with Crippen LogP contribution >= 0.6 is 0 Å². The number of sulfonamides is 1. The average molecular weight is 428 g/mol. The normalized spacial score (nSPS) is 19.2. The highest BCUT2D eigenvalue weighted by Gasteiger charge is 2.51. The molecule has 30 heavy (non-hydrogen) atoms. The molecule has 1 heterocycles. The summed E-state index contributed by atoms with van der Waals surface area (Å²) in [6, 6.07) is 17.3. The number of nitrogens with zero attached hydrogens (tertiary/aromatic N) is 1. The van der Waals surface area contributed by atoms with E-state index in [1.807, 2.05) is 24.3 Å². The smallest absolute Gasteiger partial charge is 0.231 e. The molecule has 1 saturated heterocycles. The number of hydrogen-bond acceptors (Lipinski definition) is 4. The predicted molar refractivity (Wildman–Crippen MR) is 119 cm³/mol. The highest BCUT2D eigenvalue weighted by Crippen LogP contribution is 2.49. The van der Waals surface area contributed by atoms with Crippen molar-refractivity contribution in [3.8, 4) is 0 Å². The summed E-state index contributed by atoms with van der Waals surface area (Å²) in [5, 5.41) is 3.31. The van der Waals surface area contributed by atoms with Gasteiger partial charge in [0.05, 0.1) is 17.7 Å². The molecule has 7 heteroatoms. The first-order valence-corrected chi connectivity index (χ1v) is 12.4. The predicted octanol–water partition coefficient (Wildman–Crippen LogP) is 3.04. The molecule has 6 nitrogen and oxygen atoms in total. The van der Waals surface area contributed by atoms with Gasteiger partial charge >= 0.3 is 0 Å². The first-order valence-electron chi connectivity index (χ1n) is 10.5. The quantitative estimate of drug-likeness (QED) is 0.679. The molecule has 1 amide bonds. The van der Waals surface area contributed by atoms with Gasteiger partial charge in [-0.25, -0.2) is 8.42 Å². The van der Waals surface area contributed by atoms with Crippen LogP contribution < -0.4 is 10.0 Å². The van der Waals surface area contributed by atoms with E-state index in [9.17, 15) is 13.2 Å². The van der Waals surface area contributed by atoms with Crippen LogP contribution in [-0.2, 0) is 20.2 Å². The van der Waals surface area contributed by atoms with Gasteiger partial charge < -0.3 is 10.2 Å². The number of hydrogen-bond donors (Lipinski definition) is 2. The fourth-order valence-electron chi connectivity index (χ4n) is 4.31. The summed E-state index contributed by atoms with van der Waals surface area (Å²) in [4.78, 5) is 15.8. The zero-order valence-corrected chi connectivity index (χ0v) is 18.1. The standard InChI is InChI=1S/C23H29N3O3S/c1-30(28,29)25-20-11-7-10-19(16-20)23(12-13-23)22(27)24-21(17-26-14-5-6-15-26)18-8-3-2-4-9-18/h2-4,7-11,16,21,25H,5-6,12-15,17H2,1H3,(H,24,27). The fourth-order valence-corrected chi connectivity index (χ4v) is 4.86. The van der Waals surface area contributed by atoms with E-state index in [2.05, 4.69) is 27.1 Å². The molecule has 160 valence electrons. The van der Waals surface area contributed by atoms with E-state index in [1.54, 1.807) is 18.2 Å². The number of carbonyl (C=O) groups is 1. The third-order valence-electron chi connectivity index (χ3n) is 6.05. The van der Waals surface area contributed by atoms with E-state index >= 15 is 0 Å². The van der Waals surface area contributed by atoms with Gasteiger partial charge in [-0.05, 0) is 62.0 Å². The van der Waals surface area contributed by atoms with Crippen LogP contribution in [0.1, 0.15) is 42.9 Å². The second-order valence-electron chi connectivity index (χ2n) is 8.48. The maximum Gasteiger partial charge on any atom is 0.231 e. The molecule has 0 radical (unpaired) electrons. The minimum atomic E-state index is -3.36. The topological polar surface area (TPSA) is 78.5 Å². The van der Waals surface area contributed by atoms with Gasteiger partial charge in [-0.3, -0.25) is 9.52 Å². The van der Waals surface area contributed by atoms with Crippen LogP contribution in [0.2, 0.25) is 0 Å². The number of rotatable bonds is 8. The molecular formula is C23H29N3O3S. The summed E-state index contributed by atoms with van der Waals surface area (Å²) in [6.07, 6.45) is 5.08. The molecular weight excluding hydrogens is 398 g/mol. The van der Waals surface area contributed by atoms with Crippen molar-refractivity contribution >= 4 is 21.6 Å². The lowest BCUT2D eigenvalue weighted by Gasteiger charge is -2.27. The van der Waals surface area contributed by atoms with Gasteiger partial charge in [-0.2, -0.15) is 0 Å². The largest absolute Gasteiger partial charge is 0.347 e. The van der Waals surface area contributed by atoms with E-state index < -0.39 is 15.4 Å². The number of carbonyl (C=O) groups excluding carboxylic acids is 1. The van der Waals surface area contributed by atoms with Gasteiger partial charge in [0.1, 0.15) is 0 Å². The molecule has 0 bridgehead atoms. The average Bonchev–Trinajstić information content (AvgIpc) is 3.37. The minimum absolute atomic E-state index is 0.0204. The van der Waals surface area contributed by atoms with E-state index in [4.69, 9.17) is 0 Å². The van der Waals surface area contributed by atoms with Gasteiger partial charge in [0, 0.05) is 12.2 Å². The van der Waals surface area contributed by atoms with Gasteiger partial charge in [0.15, 0.2) is 0 Å². The Morgan fingerprint density at radius 2 is 1.77 bits per heavy atom. The molecule has 2 aromatic carbocycles. The Bertz CT molecular complexity index is 997. The van der Waals surface area contributed by atoms with Crippen molar-refractivity contribution in [2.45, 2.75) is 37.1 Å². The maximum atomic E-state index is 13.4. The number of benzene rings is 2. The fraction of sp³-hybridized carbons (Fsp3) is 0.435. The van der Waals surface area contributed by atoms with E-state index in [1.165, 1.54) is 12.8 Å². The number of anilines is 1. The van der Waals surface area contributed by atoms with E-state index in [0.717, 1.165) is 49.9 Å². The van der Waals surface area contributed by atoms with Crippen LogP contribution in [0.5, 0.6) is 0 Å². The van der Waals surface area contributed by atoms with E-state index in [-0.39, 0.29) is 11.9 Å². The molecule has 2 fully saturated rings. The summed E-state index contributed by atoms with van der Waals surface area (Å²) >= 11 is 0. The number of likely N-dealkylation sites (tertiary alicyclic amines) is 1. The maximum absolute atomic E-state index is 13.4. The van der Waals surface area contributed by atoms with Crippen LogP contribution in [-0.4, -0.2) is 45.1 Å². The number of nitrogens with one attached hydrogen (secondary N) is 2. The Balaban J connectivity index is 1.54. The van der Waals surface area contributed by atoms with Crippen molar-refractivity contribution in [1.82, 2.24) is 10.2 Å². The molecule has 2 aromatic rings.